The number of carbonyl (C=O) groups is 3. The van der Waals surface area contributed by atoms with Crippen molar-refractivity contribution in [3.63, 3.8) is 0 Å². The van der Waals surface area contributed by atoms with Gasteiger partial charge in [0.1, 0.15) is 23.8 Å². The van der Waals surface area contributed by atoms with Crippen LogP contribution in [0.5, 0.6) is 5.75 Å². The highest BCUT2D eigenvalue weighted by molar-refractivity contribution is 9.10. The maximum Gasteiger partial charge on any atom is 0.334 e. The molecule has 0 spiro atoms. The average Bonchev–Trinajstić information content (AvgIpc) is 2.95. The molecule has 2 saturated heterocycles. The number of nitrogens with zero attached hydrogens (tertiary/aromatic N) is 6. The fourth-order valence-electron chi connectivity index (χ4n) is 5.57. The van der Waals surface area contributed by atoms with Gasteiger partial charge in [-0.15, -0.1) is 0 Å². The van der Waals surface area contributed by atoms with Crippen molar-refractivity contribution in [3.05, 3.63) is 88.0 Å². The Labute approximate surface area is 253 Å². The first-order valence-corrected chi connectivity index (χ1v) is 14.4. The van der Waals surface area contributed by atoms with Gasteiger partial charge in [-0.25, -0.2) is 19.8 Å². The van der Waals surface area contributed by atoms with Crippen molar-refractivity contribution < 1.29 is 19.5 Å². The van der Waals surface area contributed by atoms with Gasteiger partial charge < -0.3 is 25.1 Å². The van der Waals surface area contributed by atoms with E-state index >= 15 is 0 Å². The lowest BCUT2D eigenvalue weighted by molar-refractivity contribution is -0.187. The molecule has 2 N–H and O–H groups in total. The number of aromatic nitrogens is 1. The van der Waals surface area contributed by atoms with E-state index in [0.717, 1.165) is 27.0 Å². The third kappa shape index (κ3) is 6.19. The highest BCUT2D eigenvalue weighted by atomic mass is 79.9. The summed E-state index contributed by atoms with van der Waals surface area (Å²) in [7, 11) is 5.49. The van der Waals surface area contributed by atoms with Gasteiger partial charge in [-0.05, 0) is 41.5 Å². The molecular weight excluding hydrogens is 602 g/mol. The highest BCUT2D eigenvalue weighted by Gasteiger charge is 2.50. The lowest BCUT2D eigenvalue weighted by atomic mass is 9.98. The molecule has 0 bridgehead atoms. The van der Waals surface area contributed by atoms with E-state index in [2.05, 4.69) is 26.2 Å². The fourth-order valence-corrected chi connectivity index (χ4v) is 6.02. The summed E-state index contributed by atoms with van der Waals surface area (Å²) < 4.78 is 0.909. The Kier molecular flexibility index (Phi) is 8.64. The van der Waals surface area contributed by atoms with Crippen molar-refractivity contribution in [2.24, 2.45) is 0 Å². The third-order valence-corrected chi connectivity index (χ3v) is 7.99. The SMILES string of the molecule is CN(C)c1ncccc1CN1CC2N(C(=O)CN(C)N2C(=O)NCc2cccc(Br)c2)[C@@H](Cc2ccc(O)cc2)C1=O. The number of halogens is 1. The van der Waals surface area contributed by atoms with Gasteiger partial charge >= 0.3 is 6.03 Å². The van der Waals surface area contributed by atoms with Crippen LogP contribution in [0.4, 0.5) is 10.6 Å². The predicted octanol–water partition coefficient (Wildman–Crippen LogP) is 2.80. The Morgan fingerprint density at radius 2 is 1.86 bits per heavy atom. The van der Waals surface area contributed by atoms with Crippen LogP contribution in [0.15, 0.2) is 71.3 Å². The number of aromatic hydroxyl groups is 1. The van der Waals surface area contributed by atoms with E-state index in [1.54, 1.807) is 57.3 Å². The Bertz CT molecular complexity index is 1470. The minimum absolute atomic E-state index is 0.0481. The van der Waals surface area contributed by atoms with E-state index in [-0.39, 0.29) is 49.7 Å². The molecule has 4 amide bonds. The largest absolute Gasteiger partial charge is 0.508 e. The zero-order chi connectivity index (χ0) is 30.0. The summed E-state index contributed by atoms with van der Waals surface area (Å²) in [6, 6.07) is 16.8. The lowest BCUT2D eigenvalue weighted by Gasteiger charge is -2.54. The van der Waals surface area contributed by atoms with Gasteiger partial charge in [0, 0.05) is 56.9 Å². The minimum Gasteiger partial charge on any atom is -0.508 e. The molecule has 12 heteroatoms. The molecule has 0 radical (unpaired) electrons. The van der Waals surface area contributed by atoms with Gasteiger partial charge in [-0.1, -0.05) is 46.3 Å². The number of rotatable bonds is 7. The number of piperazine rings is 1. The van der Waals surface area contributed by atoms with Crippen molar-refractivity contribution in [1.82, 2.24) is 30.1 Å². The topological polar surface area (TPSA) is 113 Å². The first kappa shape index (κ1) is 29.3. The van der Waals surface area contributed by atoms with Crippen molar-refractivity contribution in [2.45, 2.75) is 31.7 Å². The summed E-state index contributed by atoms with van der Waals surface area (Å²) in [6.45, 7) is 0.646. The zero-order valence-corrected chi connectivity index (χ0v) is 25.4. The van der Waals surface area contributed by atoms with Crippen LogP contribution in [0.2, 0.25) is 0 Å². The number of hydrogen-bond acceptors (Lipinski definition) is 7. The van der Waals surface area contributed by atoms with E-state index in [4.69, 9.17) is 0 Å². The van der Waals surface area contributed by atoms with E-state index in [0.29, 0.717) is 6.54 Å². The average molecular weight is 637 g/mol. The van der Waals surface area contributed by atoms with Crippen molar-refractivity contribution in [2.75, 3.05) is 39.1 Å². The van der Waals surface area contributed by atoms with E-state index in [9.17, 15) is 19.5 Å². The van der Waals surface area contributed by atoms with E-state index < -0.39 is 12.2 Å². The Balaban J connectivity index is 1.48. The number of amides is 4. The van der Waals surface area contributed by atoms with Crippen LogP contribution in [0.1, 0.15) is 16.7 Å². The number of nitrogens with one attached hydrogen (secondary N) is 1. The maximum atomic E-state index is 14.1. The molecule has 3 heterocycles. The van der Waals surface area contributed by atoms with Gasteiger partial charge in [0.25, 0.3) is 0 Å². The highest BCUT2D eigenvalue weighted by Crippen LogP contribution is 2.30. The predicted molar refractivity (Wildman–Crippen MR) is 161 cm³/mol. The minimum atomic E-state index is -0.839. The zero-order valence-electron chi connectivity index (χ0n) is 23.8. The van der Waals surface area contributed by atoms with Crippen molar-refractivity contribution in [3.8, 4) is 5.75 Å². The molecule has 0 saturated carbocycles. The Morgan fingerprint density at radius 3 is 2.57 bits per heavy atom. The molecule has 5 rings (SSSR count). The number of anilines is 1. The van der Waals surface area contributed by atoms with Crippen LogP contribution >= 0.6 is 15.9 Å². The molecular formula is C30H34BrN7O4. The van der Waals surface area contributed by atoms with Crippen molar-refractivity contribution in [1.29, 1.82) is 0 Å². The summed E-state index contributed by atoms with van der Waals surface area (Å²) in [5.41, 5.74) is 2.57. The van der Waals surface area contributed by atoms with Crippen LogP contribution in [0, 0.1) is 0 Å². The molecule has 11 nitrogen and oxygen atoms in total. The van der Waals surface area contributed by atoms with Gasteiger partial charge in [0.15, 0.2) is 0 Å². The number of pyridine rings is 1. The third-order valence-electron chi connectivity index (χ3n) is 7.50. The molecule has 1 aromatic heterocycles. The molecule has 42 heavy (non-hydrogen) atoms. The quantitative estimate of drug-likeness (QED) is 0.411. The van der Waals surface area contributed by atoms with E-state index in [1.807, 2.05) is 55.4 Å². The molecule has 0 aliphatic carbocycles. The monoisotopic (exact) mass is 635 g/mol. The first-order valence-electron chi connectivity index (χ1n) is 13.6. The number of carbonyl (C=O) groups excluding carboxylic acids is 3. The molecule has 2 atom stereocenters. The maximum absolute atomic E-state index is 14.1. The second-order valence-electron chi connectivity index (χ2n) is 10.7. The van der Waals surface area contributed by atoms with Gasteiger partial charge in [0.2, 0.25) is 11.8 Å². The van der Waals surface area contributed by atoms with Gasteiger partial charge in [-0.3, -0.25) is 9.59 Å². The fraction of sp³-hybridized carbons (Fsp3) is 0.333. The molecule has 2 aromatic carbocycles. The first-order chi connectivity index (χ1) is 20.1. The summed E-state index contributed by atoms with van der Waals surface area (Å²) in [4.78, 5) is 51.0. The smallest absolute Gasteiger partial charge is 0.334 e. The summed E-state index contributed by atoms with van der Waals surface area (Å²) in [5.74, 6) is 0.416. The normalized spacial score (nSPS) is 19.1. The standard InChI is InChI=1S/C30H34BrN7O4/c1-34(2)28-22(7-5-13-32-28)17-36-18-26-37(25(29(36)41)15-20-9-11-24(39)12-10-20)27(40)19-35(3)38(26)30(42)33-16-21-6-4-8-23(31)14-21/h4-14,25-26,39H,15-19H2,1-3H3,(H,33,42)/t25-,26?/m0/s1. The second-order valence-corrected chi connectivity index (χ2v) is 11.6. The molecule has 2 aliphatic rings. The number of hydrogen-bond donors (Lipinski definition) is 2. The summed E-state index contributed by atoms with van der Waals surface area (Å²) in [5, 5.41) is 15.9. The summed E-state index contributed by atoms with van der Waals surface area (Å²) in [6.07, 6.45) is 1.22. The number of urea groups is 1. The van der Waals surface area contributed by atoms with Gasteiger partial charge in [0.05, 0.1) is 13.1 Å². The number of hydrazine groups is 1. The van der Waals surface area contributed by atoms with Gasteiger partial charge in [-0.2, -0.15) is 0 Å². The lowest BCUT2D eigenvalue weighted by Crippen LogP contribution is -2.76. The number of fused-ring (bicyclic) bond motifs is 1. The molecule has 2 aliphatic heterocycles. The molecule has 2 fully saturated rings. The number of phenols is 1. The van der Waals surface area contributed by atoms with Crippen LogP contribution in [0.25, 0.3) is 0 Å². The molecule has 220 valence electrons. The Hall–Kier alpha value is -4.16. The number of benzene rings is 2. The number of phenolic OH excluding ortho intramolecular Hbond substituents is 1. The van der Waals surface area contributed by atoms with Crippen LogP contribution in [-0.2, 0) is 29.1 Å². The molecule has 3 aromatic rings. The van der Waals surface area contributed by atoms with Crippen molar-refractivity contribution >= 4 is 39.6 Å². The second kappa shape index (κ2) is 12.4. The summed E-state index contributed by atoms with van der Waals surface area (Å²) >= 11 is 3.46. The Morgan fingerprint density at radius 1 is 1.10 bits per heavy atom. The van der Waals surface area contributed by atoms with Crippen LogP contribution in [-0.4, -0.2) is 94.2 Å². The van der Waals surface area contributed by atoms with Crippen LogP contribution in [0.3, 0.4) is 0 Å². The number of likely N-dealkylation sites (N-methyl/N-ethyl adjacent to an activating group) is 1. The van der Waals surface area contributed by atoms with E-state index in [1.165, 1.54) is 0 Å². The molecule has 1 unspecified atom stereocenters. The van der Waals surface area contributed by atoms with Crippen LogP contribution < -0.4 is 10.2 Å².